The van der Waals surface area contributed by atoms with E-state index in [9.17, 15) is 13.2 Å². The summed E-state index contributed by atoms with van der Waals surface area (Å²) in [7, 11) is -3.66. The minimum absolute atomic E-state index is 0.0953. The molecule has 1 amide bonds. The number of hydrogen-bond donors (Lipinski definition) is 3. The summed E-state index contributed by atoms with van der Waals surface area (Å²) in [4.78, 5) is 11.4. The van der Waals surface area contributed by atoms with Crippen molar-refractivity contribution < 1.29 is 13.2 Å². The SMILES string of the molecule is CCNCCNC(=O)CNS(=O)(=O)c1ccc(Cl)s1. The maximum absolute atomic E-state index is 11.8. The van der Waals surface area contributed by atoms with Crippen molar-refractivity contribution in [1.29, 1.82) is 0 Å². The largest absolute Gasteiger partial charge is 0.354 e. The minimum atomic E-state index is -3.66. The number of carbonyl (C=O) groups excluding carboxylic acids is 1. The summed E-state index contributed by atoms with van der Waals surface area (Å²) in [5, 5.41) is 5.63. The maximum Gasteiger partial charge on any atom is 0.250 e. The molecule has 0 saturated carbocycles. The summed E-state index contributed by atoms with van der Waals surface area (Å²) >= 11 is 6.61. The molecule has 0 saturated heterocycles. The third-order valence-corrected chi connectivity index (χ3v) is 5.23. The lowest BCUT2D eigenvalue weighted by Gasteiger charge is -2.06. The average molecular weight is 326 g/mol. The number of rotatable bonds is 8. The van der Waals surface area contributed by atoms with Gasteiger partial charge in [-0.3, -0.25) is 4.79 Å². The lowest BCUT2D eigenvalue weighted by Crippen LogP contribution is -2.39. The van der Waals surface area contributed by atoms with Crippen molar-refractivity contribution in [2.24, 2.45) is 0 Å². The van der Waals surface area contributed by atoms with Crippen LogP contribution < -0.4 is 15.4 Å². The first-order valence-corrected chi connectivity index (χ1v) is 8.36. The standard InChI is InChI=1S/C10H16ClN3O3S2/c1-2-12-5-6-13-9(15)7-14-19(16,17)10-4-3-8(11)18-10/h3-4,12,14H,2,5-7H2,1H3,(H,13,15). The number of nitrogens with one attached hydrogen (secondary N) is 3. The second-order valence-electron chi connectivity index (χ2n) is 3.59. The first kappa shape index (κ1) is 16.4. The summed E-state index contributed by atoms with van der Waals surface area (Å²) in [6.45, 7) is 3.60. The average Bonchev–Trinajstić information content (AvgIpc) is 2.80. The highest BCUT2D eigenvalue weighted by Crippen LogP contribution is 2.24. The van der Waals surface area contributed by atoms with E-state index in [2.05, 4.69) is 15.4 Å². The molecule has 1 aromatic heterocycles. The fourth-order valence-electron chi connectivity index (χ4n) is 1.20. The summed E-state index contributed by atoms with van der Waals surface area (Å²) in [5.74, 6) is -0.371. The molecule has 0 aliphatic heterocycles. The highest BCUT2D eigenvalue weighted by molar-refractivity contribution is 7.91. The Morgan fingerprint density at radius 2 is 2.11 bits per heavy atom. The number of halogens is 1. The minimum Gasteiger partial charge on any atom is -0.354 e. The van der Waals surface area contributed by atoms with Gasteiger partial charge in [0.25, 0.3) is 10.0 Å². The van der Waals surface area contributed by atoms with Crippen molar-refractivity contribution in [3.63, 3.8) is 0 Å². The molecule has 1 aromatic rings. The van der Waals surface area contributed by atoms with Gasteiger partial charge >= 0.3 is 0 Å². The van der Waals surface area contributed by atoms with Crippen molar-refractivity contribution in [1.82, 2.24) is 15.4 Å². The van der Waals surface area contributed by atoms with Crippen LogP contribution in [0.2, 0.25) is 4.34 Å². The molecule has 0 radical (unpaired) electrons. The van der Waals surface area contributed by atoms with Gasteiger partial charge in [-0.1, -0.05) is 18.5 Å². The zero-order valence-corrected chi connectivity index (χ0v) is 12.8. The lowest BCUT2D eigenvalue weighted by molar-refractivity contribution is -0.119. The van der Waals surface area contributed by atoms with Crippen LogP contribution in [0.25, 0.3) is 0 Å². The fraction of sp³-hybridized carbons (Fsp3) is 0.500. The monoisotopic (exact) mass is 325 g/mol. The van der Waals surface area contributed by atoms with Crippen LogP contribution in [0.5, 0.6) is 0 Å². The molecule has 9 heteroatoms. The van der Waals surface area contributed by atoms with Gasteiger partial charge in [-0.25, -0.2) is 13.1 Å². The van der Waals surface area contributed by atoms with Gasteiger partial charge in [0.05, 0.1) is 10.9 Å². The van der Waals surface area contributed by atoms with Gasteiger partial charge in [0.15, 0.2) is 0 Å². The normalized spacial score (nSPS) is 11.5. The van der Waals surface area contributed by atoms with Gasteiger partial charge in [-0.05, 0) is 18.7 Å². The topological polar surface area (TPSA) is 87.3 Å². The first-order chi connectivity index (χ1) is 8.95. The molecule has 0 aliphatic carbocycles. The zero-order valence-electron chi connectivity index (χ0n) is 10.4. The van der Waals surface area contributed by atoms with E-state index in [0.29, 0.717) is 17.4 Å². The van der Waals surface area contributed by atoms with Crippen LogP contribution in [0.15, 0.2) is 16.3 Å². The number of amides is 1. The molecular formula is C10H16ClN3O3S2. The van der Waals surface area contributed by atoms with Crippen LogP contribution in [-0.4, -0.2) is 40.5 Å². The van der Waals surface area contributed by atoms with Crippen molar-refractivity contribution in [2.75, 3.05) is 26.2 Å². The van der Waals surface area contributed by atoms with Crippen molar-refractivity contribution in [2.45, 2.75) is 11.1 Å². The smallest absolute Gasteiger partial charge is 0.250 e. The molecule has 108 valence electrons. The van der Waals surface area contributed by atoms with Crippen LogP contribution in [0, 0.1) is 0 Å². The Kier molecular flexibility index (Phi) is 6.73. The number of hydrogen-bond acceptors (Lipinski definition) is 5. The second kappa shape index (κ2) is 7.81. The van der Waals surface area contributed by atoms with E-state index in [0.717, 1.165) is 17.9 Å². The Balaban J connectivity index is 2.37. The Labute approximate surface area is 121 Å². The van der Waals surface area contributed by atoms with Gasteiger partial charge in [-0.15, -0.1) is 11.3 Å². The molecule has 0 bridgehead atoms. The van der Waals surface area contributed by atoms with E-state index in [-0.39, 0.29) is 16.7 Å². The van der Waals surface area contributed by atoms with Crippen LogP contribution in [0.1, 0.15) is 6.92 Å². The third kappa shape index (κ3) is 5.87. The highest BCUT2D eigenvalue weighted by Gasteiger charge is 2.17. The number of likely N-dealkylation sites (N-methyl/N-ethyl adjacent to an activating group) is 1. The van der Waals surface area contributed by atoms with E-state index in [1.807, 2.05) is 6.92 Å². The Hall–Kier alpha value is -0.670. The fourth-order valence-corrected chi connectivity index (χ4v) is 3.71. The van der Waals surface area contributed by atoms with Crippen molar-refractivity contribution in [3.05, 3.63) is 16.5 Å². The lowest BCUT2D eigenvalue weighted by atomic mass is 10.5. The molecule has 0 atom stereocenters. The van der Waals surface area contributed by atoms with Gasteiger partial charge < -0.3 is 10.6 Å². The van der Waals surface area contributed by atoms with E-state index < -0.39 is 10.0 Å². The maximum atomic E-state index is 11.8. The van der Waals surface area contributed by atoms with Gasteiger partial charge in [0, 0.05) is 13.1 Å². The summed E-state index contributed by atoms with van der Waals surface area (Å²) in [5.41, 5.74) is 0. The predicted octanol–water partition coefficient (Wildman–Crippen LogP) is 0.406. The summed E-state index contributed by atoms with van der Waals surface area (Å²) in [6, 6.07) is 2.90. The van der Waals surface area contributed by atoms with E-state index >= 15 is 0 Å². The van der Waals surface area contributed by atoms with Crippen LogP contribution in [0.4, 0.5) is 0 Å². The van der Waals surface area contributed by atoms with Crippen molar-refractivity contribution in [3.8, 4) is 0 Å². The zero-order chi connectivity index (χ0) is 14.3. The molecule has 1 rings (SSSR count). The molecule has 19 heavy (non-hydrogen) atoms. The number of thiophene rings is 1. The van der Waals surface area contributed by atoms with Crippen LogP contribution >= 0.6 is 22.9 Å². The first-order valence-electron chi connectivity index (χ1n) is 5.68. The van der Waals surface area contributed by atoms with Gasteiger partial charge in [0.2, 0.25) is 5.91 Å². The van der Waals surface area contributed by atoms with Crippen molar-refractivity contribution >= 4 is 38.9 Å². The van der Waals surface area contributed by atoms with E-state index in [1.165, 1.54) is 12.1 Å². The Morgan fingerprint density at radius 1 is 1.37 bits per heavy atom. The number of carbonyl (C=O) groups is 1. The Morgan fingerprint density at radius 3 is 2.68 bits per heavy atom. The molecule has 6 nitrogen and oxygen atoms in total. The highest BCUT2D eigenvalue weighted by atomic mass is 35.5. The van der Waals surface area contributed by atoms with E-state index in [4.69, 9.17) is 11.6 Å². The second-order valence-corrected chi connectivity index (χ2v) is 7.30. The van der Waals surface area contributed by atoms with Crippen LogP contribution in [-0.2, 0) is 14.8 Å². The molecule has 0 aliphatic rings. The molecule has 0 aromatic carbocycles. The molecule has 3 N–H and O–H groups in total. The quantitative estimate of drug-likeness (QED) is 0.604. The van der Waals surface area contributed by atoms with Gasteiger partial charge in [-0.2, -0.15) is 0 Å². The van der Waals surface area contributed by atoms with E-state index in [1.54, 1.807) is 0 Å². The third-order valence-electron chi connectivity index (χ3n) is 2.11. The molecule has 0 spiro atoms. The summed E-state index contributed by atoms with van der Waals surface area (Å²) < 4.78 is 26.2. The Bertz CT molecular complexity index is 516. The molecule has 0 unspecified atom stereocenters. The number of sulfonamides is 1. The summed E-state index contributed by atoms with van der Waals surface area (Å²) in [6.07, 6.45) is 0. The molecule has 0 fully saturated rings. The molecular weight excluding hydrogens is 310 g/mol. The molecule has 1 heterocycles. The van der Waals surface area contributed by atoms with Gasteiger partial charge in [0.1, 0.15) is 4.21 Å². The van der Waals surface area contributed by atoms with Crippen LogP contribution in [0.3, 0.4) is 0 Å². The predicted molar refractivity (Wildman–Crippen MR) is 76.1 cm³/mol.